The zero-order chi connectivity index (χ0) is 26.1. The minimum absolute atomic E-state index is 0.102. The topological polar surface area (TPSA) is 86.8 Å². The molecule has 0 heterocycles. The fourth-order valence-electron chi connectivity index (χ4n) is 4.56. The van der Waals surface area contributed by atoms with E-state index in [-0.39, 0.29) is 37.4 Å². The van der Waals surface area contributed by atoms with Crippen LogP contribution in [0.4, 0.5) is 5.69 Å². The summed E-state index contributed by atoms with van der Waals surface area (Å²) in [5.41, 5.74) is 1.31. The van der Waals surface area contributed by atoms with Gasteiger partial charge in [-0.1, -0.05) is 67.3 Å². The maximum Gasteiger partial charge on any atom is 0.242 e. The van der Waals surface area contributed by atoms with Gasteiger partial charge < -0.3 is 10.2 Å². The van der Waals surface area contributed by atoms with E-state index < -0.39 is 16.1 Å². The Kier molecular flexibility index (Phi) is 10.2. The van der Waals surface area contributed by atoms with Gasteiger partial charge in [-0.05, 0) is 49.9 Å². The molecule has 1 atom stereocenters. The summed E-state index contributed by atoms with van der Waals surface area (Å²) in [4.78, 5) is 28.1. The molecular weight excluding hydrogens is 498 g/mol. The van der Waals surface area contributed by atoms with E-state index in [9.17, 15) is 18.0 Å². The third kappa shape index (κ3) is 7.96. The maximum absolute atomic E-state index is 13.4. The van der Waals surface area contributed by atoms with Gasteiger partial charge in [0.1, 0.15) is 6.04 Å². The molecule has 1 fully saturated rings. The van der Waals surface area contributed by atoms with Crippen LogP contribution in [-0.4, -0.2) is 50.0 Å². The normalized spacial score (nSPS) is 15.2. The molecule has 0 aliphatic heterocycles. The number of halogens is 1. The summed E-state index contributed by atoms with van der Waals surface area (Å²) in [6.45, 7) is 2.10. The lowest BCUT2D eigenvalue weighted by atomic mass is 9.95. The van der Waals surface area contributed by atoms with E-state index in [4.69, 9.17) is 11.6 Å². The molecule has 0 spiro atoms. The van der Waals surface area contributed by atoms with Crippen molar-refractivity contribution in [3.63, 3.8) is 0 Å². The van der Waals surface area contributed by atoms with E-state index in [1.54, 1.807) is 42.2 Å². The Morgan fingerprint density at radius 1 is 1.03 bits per heavy atom. The largest absolute Gasteiger partial charge is 0.352 e. The second-order valence-corrected chi connectivity index (χ2v) is 11.7. The Hall–Kier alpha value is -2.58. The summed E-state index contributed by atoms with van der Waals surface area (Å²) in [7, 11) is -3.51. The minimum atomic E-state index is -3.51. The van der Waals surface area contributed by atoms with E-state index in [2.05, 4.69) is 5.32 Å². The molecule has 1 aliphatic carbocycles. The van der Waals surface area contributed by atoms with Crippen LogP contribution in [0.15, 0.2) is 54.6 Å². The van der Waals surface area contributed by atoms with E-state index in [0.29, 0.717) is 17.1 Å². The van der Waals surface area contributed by atoms with Gasteiger partial charge in [-0.2, -0.15) is 0 Å². The molecule has 2 aromatic rings. The van der Waals surface area contributed by atoms with Crippen LogP contribution < -0.4 is 9.62 Å². The maximum atomic E-state index is 13.4. The Bertz CT molecular complexity index is 1120. The second-order valence-electron chi connectivity index (χ2n) is 9.41. The summed E-state index contributed by atoms with van der Waals surface area (Å²) in [5, 5.41) is 3.65. The second kappa shape index (κ2) is 13.1. The standard InChI is InChI=1S/C27H36ClN3O4S/c1-21(27(33)29-23-13-5-3-6-14-23)30(20-22-12-9-10-17-25(22)28)26(32)18-11-19-31(36(2,34)35)24-15-7-4-8-16-24/h4,7-10,12,15-17,21,23H,3,5-6,11,13-14,18-20H2,1-2H3,(H,29,33). The van der Waals surface area contributed by atoms with Crippen LogP contribution in [0.3, 0.4) is 0 Å². The Labute approximate surface area is 219 Å². The number of rotatable bonds is 11. The van der Waals surface area contributed by atoms with Crippen LogP contribution in [0.25, 0.3) is 0 Å². The van der Waals surface area contributed by atoms with Crippen molar-refractivity contribution in [1.82, 2.24) is 10.2 Å². The van der Waals surface area contributed by atoms with Crippen molar-refractivity contribution in [1.29, 1.82) is 0 Å². The van der Waals surface area contributed by atoms with Gasteiger partial charge >= 0.3 is 0 Å². The molecule has 1 unspecified atom stereocenters. The highest BCUT2D eigenvalue weighted by atomic mass is 35.5. The molecular formula is C27H36ClN3O4S. The molecule has 1 aliphatic rings. The first kappa shape index (κ1) is 28.0. The number of amides is 2. The first-order chi connectivity index (χ1) is 17.2. The average Bonchev–Trinajstić information content (AvgIpc) is 2.86. The molecule has 2 aromatic carbocycles. The van der Waals surface area contributed by atoms with Crippen LogP contribution in [0.1, 0.15) is 57.4 Å². The van der Waals surface area contributed by atoms with Crippen LogP contribution in [-0.2, 0) is 26.2 Å². The highest BCUT2D eigenvalue weighted by Gasteiger charge is 2.28. The summed E-state index contributed by atoms with van der Waals surface area (Å²) in [5.74, 6) is -0.396. The third-order valence-corrected chi connectivity index (χ3v) is 8.18. The first-order valence-corrected chi connectivity index (χ1v) is 14.8. The predicted octanol–water partition coefficient (Wildman–Crippen LogP) is 4.75. The van der Waals surface area contributed by atoms with Gasteiger partial charge in [-0.3, -0.25) is 13.9 Å². The Morgan fingerprint density at radius 2 is 1.67 bits per heavy atom. The number of hydrogen-bond acceptors (Lipinski definition) is 4. The summed E-state index contributed by atoms with van der Waals surface area (Å²) >= 11 is 6.36. The summed E-state index contributed by atoms with van der Waals surface area (Å²) in [6.07, 6.45) is 6.87. The molecule has 196 valence electrons. The monoisotopic (exact) mass is 533 g/mol. The number of nitrogens with zero attached hydrogens (tertiary/aromatic N) is 2. The van der Waals surface area contributed by atoms with Crippen molar-refractivity contribution < 1.29 is 18.0 Å². The van der Waals surface area contributed by atoms with Gasteiger partial charge in [0, 0.05) is 30.6 Å². The van der Waals surface area contributed by atoms with Gasteiger partial charge in [0.15, 0.2) is 0 Å². The highest BCUT2D eigenvalue weighted by Crippen LogP contribution is 2.22. The average molecular weight is 534 g/mol. The summed E-state index contributed by atoms with van der Waals surface area (Å²) in [6, 6.07) is 15.5. The van der Waals surface area contributed by atoms with Crippen LogP contribution in [0.5, 0.6) is 0 Å². The number of anilines is 1. The van der Waals surface area contributed by atoms with E-state index in [1.807, 2.05) is 24.3 Å². The zero-order valence-electron chi connectivity index (χ0n) is 21.0. The number of hydrogen-bond donors (Lipinski definition) is 1. The van der Waals surface area contributed by atoms with Crippen molar-refractivity contribution in [3.8, 4) is 0 Å². The molecule has 9 heteroatoms. The number of nitrogens with one attached hydrogen (secondary N) is 1. The predicted molar refractivity (Wildman–Crippen MR) is 144 cm³/mol. The van der Waals surface area contributed by atoms with Crippen molar-refractivity contribution in [2.24, 2.45) is 0 Å². The quantitative estimate of drug-likeness (QED) is 0.451. The molecule has 2 amide bonds. The first-order valence-electron chi connectivity index (χ1n) is 12.5. The molecule has 0 radical (unpaired) electrons. The van der Waals surface area contributed by atoms with Gasteiger partial charge in [0.2, 0.25) is 21.8 Å². The van der Waals surface area contributed by atoms with Crippen LogP contribution >= 0.6 is 11.6 Å². The molecule has 3 rings (SSSR count). The summed E-state index contributed by atoms with van der Waals surface area (Å²) < 4.78 is 26.0. The van der Waals surface area contributed by atoms with Gasteiger partial charge in [0.05, 0.1) is 11.9 Å². The zero-order valence-corrected chi connectivity index (χ0v) is 22.6. The number of para-hydroxylation sites is 1. The molecule has 36 heavy (non-hydrogen) atoms. The van der Waals surface area contributed by atoms with Crippen molar-refractivity contribution >= 4 is 39.1 Å². The SMILES string of the molecule is CC(C(=O)NC1CCCCC1)N(Cc1ccccc1Cl)C(=O)CCCN(c1ccccc1)S(C)(=O)=O. The lowest BCUT2D eigenvalue weighted by molar-refractivity contribution is -0.141. The number of sulfonamides is 1. The lowest BCUT2D eigenvalue weighted by Crippen LogP contribution is -2.50. The highest BCUT2D eigenvalue weighted by molar-refractivity contribution is 7.92. The fraction of sp³-hybridized carbons (Fsp3) is 0.481. The number of benzene rings is 2. The number of carbonyl (C=O) groups is 2. The molecule has 7 nitrogen and oxygen atoms in total. The number of carbonyl (C=O) groups excluding carboxylic acids is 2. The van der Waals surface area contributed by atoms with E-state index in [0.717, 1.165) is 37.5 Å². The van der Waals surface area contributed by atoms with Crippen molar-refractivity contribution in [2.75, 3.05) is 17.1 Å². The minimum Gasteiger partial charge on any atom is -0.352 e. The molecule has 0 aromatic heterocycles. The van der Waals surface area contributed by atoms with E-state index in [1.165, 1.54) is 10.7 Å². The molecule has 1 N–H and O–H groups in total. The third-order valence-electron chi connectivity index (χ3n) is 6.61. The molecule has 0 bridgehead atoms. The molecule has 1 saturated carbocycles. The Morgan fingerprint density at radius 3 is 2.31 bits per heavy atom. The van der Waals surface area contributed by atoms with Gasteiger partial charge in [-0.25, -0.2) is 8.42 Å². The molecule has 0 saturated heterocycles. The smallest absolute Gasteiger partial charge is 0.242 e. The van der Waals surface area contributed by atoms with Crippen LogP contribution in [0, 0.1) is 0 Å². The van der Waals surface area contributed by atoms with Crippen LogP contribution in [0.2, 0.25) is 5.02 Å². The van der Waals surface area contributed by atoms with Gasteiger partial charge in [-0.15, -0.1) is 0 Å². The fourth-order valence-corrected chi connectivity index (χ4v) is 5.72. The lowest BCUT2D eigenvalue weighted by Gasteiger charge is -2.31. The van der Waals surface area contributed by atoms with E-state index >= 15 is 0 Å². The van der Waals surface area contributed by atoms with Crippen molar-refractivity contribution in [3.05, 3.63) is 65.2 Å². The van der Waals surface area contributed by atoms with Gasteiger partial charge in [0.25, 0.3) is 0 Å². The van der Waals surface area contributed by atoms with Crippen molar-refractivity contribution in [2.45, 2.75) is 70.5 Å². The Balaban J connectivity index is 1.71.